The molecule has 0 N–H and O–H groups in total. The molecule has 0 aromatic rings. The van der Waals surface area contributed by atoms with Crippen molar-refractivity contribution in [3.8, 4) is 0 Å². The summed E-state index contributed by atoms with van der Waals surface area (Å²) in [5.74, 6) is 0. The molecule has 0 saturated heterocycles. The van der Waals surface area contributed by atoms with E-state index in [0.717, 1.165) is 0 Å². The van der Waals surface area contributed by atoms with Crippen LogP contribution in [0, 0.1) is 0 Å². The Bertz CT molecular complexity index is 37.3. The van der Waals surface area contributed by atoms with Crippen LogP contribution >= 0.6 is 0 Å². The summed E-state index contributed by atoms with van der Waals surface area (Å²) in [6.45, 7) is 6.08. The summed E-state index contributed by atoms with van der Waals surface area (Å²) < 4.78 is 4.97. The predicted molar refractivity (Wildman–Crippen MR) is 29.4 cm³/mol. The second-order valence-electron chi connectivity index (χ2n) is 2.26. The van der Waals surface area contributed by atoms with E-state index in [1.54, 1.807) is 0 Å². The van der Waals surface area contributed by atoms with Crippen molar-refractivity contribution >= 4 is 10.5 Å². The Morgan fingerprint density at radius 2 is 1.50 bits per heavy atom. The lowest BCUT2D eigenvalue weighted by molar-refractivity contribution is 0.147. The summed E-state index contributed by atoms with van der Waals surface area (Å²) in [6.07, 6.45) is 0. The fourth-order valence-corrected chi connectivity index (χ4v) is 0. The van der Waals surface area contributed by atoms with Crippen LogP contribution in [0.15, 0.2) is 0 Å². The molecule has 0 amide bonds. The molecule has 2 heteroatoms. The number of hydrogen-bond donors (Lipinski definition) is 0. The van der Waals surface area contributed by atoms with Crippen LogP contribution in [0.1, 0.15) is 20.8 Å². The lowest BCUT2D eigenvalue weighted by atomic mass is 10.2. The molecule has 0 aromatic carbocycles. The Labute approximate surface area is 42.2 Å². The van der Waals surface area contributed by atoms with Gasteiger partial charge in [-0.3, -0.25) is 0 Å². The van der Waals surface area contributed by atoms with Crippen molar-refractivity contribution in [2.75, 3.05) is 0 Å². The molecule has 0 heterocycles. The first-order valence-corrected chi connectivity index (χ1v) is 2.57. The van der Waals surface area contributed by atoms with Crippen LogP contribution in [0.25, 0.3) is 0 Å². The molecule has 0 saturated carbocycles. The largest absolute Gasteiger partial charge is 0.420 e. The zero-order chi connectivity index (χ0) is 5.21. The van der Waals surface area contributed by atoms with Gasteiger partial charge in [-0.25, -0.2) is 0 Å². The van der Waals surface area contributed by atoms with Crippen molar-refractivity contribution in [1.29, 1.82) is 0 Å². The van der Waals surface area contributed by atoms with Gasteiger partial charge in [-0.2, -0.15) is 0 Å². The van der Waals surface area contributed by atoms with Gasteiger partial charge in [0.15, 0.2) is 10.5 Å². The first-order chi connectivity index (χ1) is 2.56. The molecule has 0 aliphatic rings. The van der Waals surface area contributed by atoms with Crippen LogP contribution in [0.5, 0.6) is 0 Å². The van der Waals surface area contributed by atoms with Crippen LogP contribution in [0.4, 0.5) is 0 Å². The number of rotatable bonds is 0. The van der Waals surface area contributed by atoms with Gasteiger partial charge in [-0.1, -0.05) is 0 Å². The van der Waals surface area contributed by atoms with Crippen LogP contribution in [0.2, 0.25) is 0 Å². The minimum atomic E-state index is 0.0540. The summed E-state index contributed by atoms with van der Waals surface area (Å²) in [6, 6.07) is 0. The SMILES string of the molecule is CC(C)(C)O[SiH2]. The fourth-order valence-electron chi connectivity index (χ4n) is 0. The van der Waals surface area contributed by atoms with Crippen LogP contribution in [-0.4, -0.2) is 16.1 Å². The van der Waals surface area contributed by atoms with E-state index in [-0.39, 0.29) is 5.60 Å². The summed E-state index contributed by atoms with van der Waals surface area (Å²) in [4.78, 5) is 0. The molecular weight excluding hydrogens is 92.1 g/mol. The molecule has 1 nitrogen and oxygen atoms in total. The lowest BCUT2D eigenvalue weighted by Gasteiger charge is -2.15. The molecule has 0 atom stereocenters. The van der Waals surface area contributed by atoms with E-state index >= 15 is 0 Å². The first-order valence-electron chi connectivity index (χ1n) is 1.99. The number of hydrogen-bond acceptors (Lipinski definition) is 1. The van der Waals surface area contributed by atoms with Gasteiger partial charge < -0.3 is 4.43 Å². The predicted octanol–water partition coefficient (Wildman–Crippen LogP) is 0.350. The van der Waals surface area contributed by atoms with Crippen molar-refractivity contribution in [2.24, 2.45) is 0 Å². The second-order valence-corrected chi connectivity index (χ2v) is 2.55. The maximum atomic E-state index is 4.97. The summed E-state index contributed by atoms with van der Waals surface area (Å²) >= 11 is 0. The molecule has 0 unspecified atom stereocenters. The van der Waals surface area contributed by atoms with Gasteiger partial charge >= 0.3 is 0 Å². The molecule has 0 rings (SSSR count). The molecule has 37 valence electrons. The van der Waals surface area contributed by atoms with E-state index in [1.807, 2.05) is 20.8 Å². The van der Waals surface area contributed by atoms with Gasteiger partial charge in [-0.15, -0.1) is 0 Å². The Morgan fingerprint density at radius 1 is 1.33 bits per heavy atom. The highest BCUT2D eigenvalue weighted by Gasteiger charge is 2.03. The molecule has 6 heavy (non-hydrogen) atoms. The van der Waals surface area contributed by atoms with Crippen molar-refractivity contribution < 1.29 is 4.43 Å². The molecular formula is C4H11OSi. The maximum Gasteiger partial charge on any atom is 0.175 e. The third-order valence-corrected chi connectivity index (χ3v) is 1.30. The normalized spacial score (nSPS) is 12.0. The smallest absolute Gasteiger partial charge is 0.175 e. The van der Waals surface area contributed by atoms with Gasteiger partial charge in [0.1, 0.15) is 0 Å². The van der Waals surface area contributed by atoms with E-state index in [9.17, 15) is 0 Å². The molecule has 0 fully saturated rings. The van der Waals surface area contributed by atoms with E-state index in [4.69, 9.17) is 4.43 Å². The van der Waals surface area contributed by atoms with E-state index < -0.39 is 0 Å². The third kappa shape index (κ3) is 4.18. The Morgan fingerprint density at radius 3 is 1.50 bits per heavy atom. The van der Waals surface area contributed by atoms with Gasteiger partial charge in [-0.05, 0) is 20.8 Å². The Balaban J connectivity index is 3.17. The Kier molecular flexibility index (Phi) is 1.81. The topological polar surface area (TPSA) is 9.23 Å². The van der Waals surface area contributed by atoms with E-state index in [0.29, 0.717) is 0 Å². The molecule has 0 bridgehead atoms. The van der Waals surface area contributed by atoms with Crippen LogP contribution in [0.3, 0.4) is 0 Å². The quantitative estimate of drug-likeness (QED) is 0.402. The molecule has 1 radical (unpaired) electrons. The fraction of sp³-hybridized carbons (Fsp3) is 1.00. The summed E-state index contributed by atoms with van der Waals surface area (Å²) in [5.41, 5.74) is 0.0540. The van der Waals surface area contributed by atoms with Crippen LogP contribution in [-0.2, 0) is 4.43 Å². The highest BCUT2D eigenvalue weighted by Crippen LogP contribution is 2.01. The standard InChI is InChI=1S/C4H11OSi/c1-4(2,3)5-6/h6H2,1-3H3. The van der Waals surface area contributed by atoms with Gasteiger partial charge in [0.25, 0.3) is 0 Å². The zero-order valence-electron chi connectivity index (χ0n) is 4.62. The van der Waals surface area contributed by atoms with Crippen molar-refractivity contribution in [3.63, 3.8) is 0 Å². The van der Waals surface area contributed by atoms with Gasteiger partial charge in [0.2, 0.25) is 0 Å². The highest BCUT2D eigenvalue weighted by molar-refractivity contribution is 5.98. The molecule has 0 aliphatic heterocycles. The molecule has 0 aliphatic carbocycles. The average molecular weight is 103 g/mol. The van der Waals surface area contributed by atoms with Crippen LogP contribution < -0.4 is 0 Å². The zero-order valence-corrected chi connectivity index (χ0v) is 6.03. The van der Waals surface area contributed by atoms with Crippen molar-refractivity contribution in [1.82, 2.24) is 0 Å². The lowest BCUT2D eigenvalue weighted by Crippen LogP contribution is -2.16. The van der Waals surface area contributed by atoms with Crippen molar-refractivity contribution in [2.45, 2.75) is 26.4 Å². The average Bonchev–Trinajstić information content (AvgIpc) is 1.35. The van der Waals surface area contributed by atoms with E-state index in [1.165, 1.54) is 10.5 Å². The summed E-state index contributed by atoms with van der Waals surface area (Å²) in [5, 5.41) is 0. The highest BCUT2D eigenvalue weighted by atomic mass is 28.2. The molecule has 0 aromatic heterocycles. The second kappa shape index (κ2) is 1.75. The van der Waals surface area contributed by atoms with Gasteiger partial charge in [0.05, 0.1) is 0 Å². The minimum Gasteiger partial charge on any atom is -0.420 e. The monoisotopic (exact) mass is 103 g/mol. The maximum absolute atomic E-state index is 4.97. The van der Waals surface area contributed by atoms with Gasteiger partial charge in [0, 0.05) is 5.60 Å². The summed E-state index contributed by atoms with van der Waals surface area (Å²) in [7, 11) is 1.54. The third-order valence-electron chi connectivity index (χ3n) is 0.433. The molecule has 0 spiro atoms. The minimum absolute atomic E-state index is 0.0540. The first kappa shape index (κ1) is 6.18. The van der Waals surface area contributed by atoms with E-state index in [2.05, 4.69) is 0 Å². The van der Waals surface area contributed by atoms with Crippen molar-refractivity contribution in [3.05, 3.63) is 0 Å². The Hall–Kier alpha value is 0.177.